The summed E-state index contributed by atoms with van der Waals surface area (Å²) >= 11 is 0. The van der Waals surface area contributed by atoms with Crippen LogP contribution in [-0.2, 0) is 9.53 Å². The van der Waals surface area contributed by atoms with E-state index in [9.17, 15) is 18.0 Å². The van der Waals surface area contributed by atoms with Crippen molar-refractivity contribution in [2.75, 3.05) is 23.8 Å². The van der Waals surface area contributed by atoms with Crippen molar-refractivity contribution in [3.63, 3.8) is 0 Å². The van der Waals surface area contributed by atoms with Gasteiger partial charge < -0.3 is 20.7 Å². The zero-order valence-corrected chi connectivity index (χ0v) is 20.1. The molecule has 1 amide bonds. The summed E-state index contributed by atoms with van der Waals surface area (Å²) in [6.45, 7) is 1.22. The summed E-state index contributed by atoms with van der Waals surface area (Å²) in [5, 5.41) is 9.08. The minimum atomic E-state index is -1.06. The Kier molecular flexibility index (Phi) is 7.42. The number of hydrogen-bond donors (Lipinski definition) is 3. The van der Waals surface area contributed by atoms with Crippen LogP contribution in [0.1, 0.15) is 58.4 Å². The smallest absolute Gasteiger partial charge is 0.225 e. The lowest BCUT2D eigenvalue weighted by atomic mass is 9.85. The average Bonchev–Trinajstić information content (AvgIpc) is 3.40. The number of aromatic nitrogens is 4. The number of nitrogens with zero attached hydrogens (tertiary/aromatic N) is 4. The first-order valence-electron chi connectivity index (χ1n) is 12.8. The van der Waals surface area contributed by atoms with Crippen LogP contribution in [0.4, 0.5) is 30.8 Å². The maximum Gasteiger partial charge on any atom is 0.225 e. The maximum absolute atomic E-state index is 14.5. The Morgan fingerprint density at radius 3 is 2.37 bits per heavy atom. The Morgan fingerprint density at radius 2 is 1.71 bits per heavy atom. The van der Waals surface area contributed by atoms with Crippen molar-refractivity contribution in [3.8, 4) is 0 Å². The third-order valence-electron chi connectivity index (χ3n) is 7.30. The molecular formula is C26H32F3N7O2. The highest BCUT2D eigenvalue weighted by molar-refractivity contribution is 5.79. The van der Waals surface area contributed by atoms with Crippen molar-refractivity contribution in [1.29, 1.82) is 0 Å². The molecule has 3 fully saturated rings. The molecule has 0 radical (unpaired) electrons. The molecule has 2 aromatic heterocycles. The van der Waals surface area contributed by atoms with Crippen LogP contribution in [0.5, 0.6) is 0 Å². The molecule has 3 N–H and O–H groups in total. The van der Waals surface area contributed by atoms with Crippen molar-refractivity contribution in [2.45, 2.75) is 70.5 Å². The minimum Gasteiger partial charge on any atom is -0.379 e. The van der Waals surface area contributed by atoms with Crippen LogP contribution >= 0.6 is 0 Å². The third kappa shape index (κ3) is 5.40. The zero-order valence-electron chi connectivity index (χ0n) is 20.1. The lowest BCUT2D eigenvalue weighted by Gasteiger charge is -2.30. The molecule has 1 aromatic carbocycles. The summed E-state index contributed by atoms with van der Waals surface area (Å²) in [4.78, 5) is 26.2. The van der Waals surface area contributed by atoms with Crippen molar-refractivity contribution in [1.82, 2.24) is 24.8 Å². The van der Waals surface area contributed by atoms with Gasteiger partial charge >= 0.3 is 0 Å². The van der Waals surface area contributed by atoms with Crippen molar-refractivity contribution in [3.05, 3.63) is 35.8 Å². The van der Waals surface area contributed by atoms with E-state index < -0.39 is 23.1 Å². The van der Waals surface area contributed by atoms with E-state index in [-0.39, 0.29) is 37.3 Å². The van der Waals surface area contributed by atoms with E-state index in [0.717, 1.165) is 19.3 Å². The lowest BCUT2D eigenvalue weighted by molar-refractivity contribution is -0.126. The van der Waals surface area contributed by atoms with Gasteiger partial charge in [-0.05, 0) is 44.9 Å². The zero-order chi connectivity index (χ0) is 25.5. The predicted octanol–water partition coefficient (Wildman–Crippen LogP) is 4.83. The quantitative estimate of drug-likeness (QED) is 0.401. The van der Waals surface area contributed by atoms with Crippen LogP contribution in [0, 0.1) is 23.4 Å². The SMILES string of the molecule is C.O=C(NC1CC1)C1CCC(n2c(Nc3c(F)cc(F)cc3F)nc3cnc(N[C@H]4CCOC4)nc32)CC1. The van der Waals surface area contributed by atoms with Crippen molar-refractivity contribution in [2.24, 2.45) is 5.92 Å². The van der Waals surface area contributed by atoms with Crippen LogP contribution in [-0.4, -0.2) is 50.7 Å². The molecule has 2 saturated carbocycles. The van der Waals surface area contributed by atoms with Crippen LogP contribution in [0.25, 0.3) is 11.2 Å². The molecule has 0 unspecified atom stereocenters. The third-order valence-corrected chi connectivity index (χ3v) is 7.30. The molecule has 1 saturated heterocycles. The molecule has 0 spiro atoms. The normalized spacial score (nSPS) is 23.2. The predicted molar refractivity (Wildman–Crippen MR) is 137 cm³/mol. The van der Waals surface area contributed by atoms with Gasteiger partial charge in [0.15, 0.2) is 17.3 Å². The molecule has 9 nitrogen and oxygen atoms in total. The highest BCUT2D eigenvalue weighted by atomic mass is 19.1. The number of carbonyl (C=O) groups excluding carboxylic acids is 1. The number of imidazole rings is 1. The lowest BCUT2D eigenvalue weighted by Crippen LogP contribution is -2.35. The first-order chi connectivity index (χ1) is 17.9. The van der Waals surface area contributed by atoms with Crippen molar-refractivity contribution >= 4 is 34.7 Å². The summed E-state index contributed by atoms with van der Waals surface area (Å²) in [5.41, 5.74) is 0.463. The van der Waals surface area contributed by atoms with Crippen LogP contribution in [0.3, 0.4) is 0 Å². The molecule has 38 heavy (non-hydrogen) atoms. The number of rotatable bonds is 7. The van der Waals surface area contributed by atoms with Gasteiger partial charge in [-0.15, -0.1) is 0 Å². The van der Waals surface area contributed by atoms with E-state index in [1.807, 2.05) is 4.57 Å². The summed E-state index contributed by atoms with van der Waals surface area (Å²) in [6.07, 6.45) is 7.17. The molecule has 6 rings (SSSR count). The van der Waals surface area contributed by atoms with E-state index >= 15 is 0 Å². The number of nitrogens with one attached hydrogen (secondary N) is 3. The van der Waals surface area contributed by atoms with Gasteiger partial charge in [-0.1, -0.05) is 7.43 Å². The Balaban J connectivity index is 0.00000294. The standard InChI is InChI=1S/C25H28F3N7O2.CH4/c26-14-9-18(27)21(19(28)10-14)33-25-32-20-11-29-24(31-16-7-8-37-12-16)34-22(20)35(25)17-5-1-13(2-6-17)23(36)30-15-3-4-15;/h9-11,13,15-17H,1-8,12H2,(H,30,36)(H,32,33)(H,29,31,34);1H4/t13?,16-,17?;/m0./s1. The molecule has 3 heterocycles. The Labute approximate surface area is 218 Å². The minimum absolute atomic E-state index is 0. The molecular weight excluding hydrogens is 499 g/mol. The molecule has 2 aliphatic carbocycles. The molecule has 12 heteroatoms. The van der Waals surface area contributed by atoms with Gasteiger partial charge in [-0.25, -0.2) is 23.1 Å². The summed E-state index contributed by atoms with van der Waals surface area (Å²) in [6, 6.07) is 1.53. The second kappa shape index (κ2) is 10.8. The molecule has 204 valence electrons. The number of anilines is 3. The number of ether oxygens (including phenoxy) is 1. The van der Waals surface area contributed by atoms with Gasteiger partial charge in [-0.2, -0.15) is 4.98 Å². The highest BCUT2D eigenvalue weighted by Crippen LogP contribution is 2.38. The van der Waals surface area contributed by atoms with Gasteiger partial charge in [0.05, 0.1) is 18.8 Å². The number of carbonyl (C=O) groups is 1. The number of amides is 1. The number of halogens is 3. The van der Waals surface area contributed by atoms with Crippen LogP contribution in [0.15, 0.2) is 18.3 Å². The first kappa shape index (κ1) is 26.2. The van der Waals surface area contributed by atoms with Gasteiger partial charge in [0.25, 0.3) is 0 Å². The average molecular weight is 532 g/mol. The number of benzene rings is 1. The van der Waals surface area contributed by atoms with Gasteiger partial charge in [0, 0.05) is 36.7 Å². The van der Waals surface area contributed by atoms with Gasteiger partial charge in [0.2, 0.25) is 17.8 Å². The maximum atomic E-state index is 14.5. The fourth-order valence-corrected chi connectivity index (χ4v) is 5.14. The highest BCUT2D eigenvalue weighted by Gasteiger charge is 2.33. The van der Waals surface area contributed by atoms with Crippen LogP contribution < -0.4 is 16.0 Å². The number of hydrogen-bond acceptors (Lipinski definition) is 7. The second-order valence-corrected chi connectivity index (χ2v) is 10.1. The van der Waals surface area contributed by atoms with E-state index in [1.54, 1.807) is 6.20 Å². The fourth-order valence-electron chi connectivity index (χ4n) is 5.14. The van der Waals surface area contributed by atoms with E-state index in [2.05, 4.69) is 25.9 Å². The summed E-state index contributed by atoms with van der Waals surface area (Å²) in [5.74, 6) is -2.51. The molecule has 3 aliphatic rings. The molecule has 0 bridgehead atoms. The fraction of sp³-hybridized carbons (Fsp3) is 0.538. The first-order valence-corrected chi connectivity index (χ1v) is 12.8. The molecule has 1 aliphatic heterocycles. The molecule has 3 aromatic rings. The van der Waals surface area contributed by atoms with Gasteiger partial charge in [-0.3, -0.25) is 9.36 Å². The van der Waals surface area contributed by atoms with Crippen LogP contribution in [0.2, 0.25) is 0 Å². The molecule has 1 atom stereocenters. The topological polar surface area (TPSA) is 106 Å². The van der Waals surface area contributed by atoms with Gasteiger partial charge in [0.1, 0.15) is 17.0 Å². The van der Waals surface area contributed by atoms with E-state index in [4.69, 9.17) is 9.72 Å². The van der Waals surface area contributed by atoms with Crippen molar-refractivity contribution < 1.29 is 22.7 Å². The summed E-state index contributed by atoms with van der Waals surface area (Å²) < 4.78 is 49.7. The Hall–Kier alpha value is -3.41. The Bertz CT molecular complexity index is 1290. The monoisotopic (exact) mass is 531 g/mol. The largest absolute Gasteiger partial charge is 0.379 e. The second-order valence-electron chi connectivity index (χ2n) is 10.1. The van der Waals surface area contributed by atoms with E-state index in [1.165, 1.54) is 0 Å². The van der Waals surface area contributed by atoms with E-state index in [0.29, 0.717) is 74.2 Å². The summed E-state index contributed by atoms with van der Waals surface area (Å²) in [7, 11) is 0. The number of fused-ring (bicyclic) bond motifs is 1. The Morgan fingerprint density at radius 1 is 0.974 bits per heavy atom.